The number of nitrogens with one attached hydrogen (secondary N) is 1. The third-order valence-corrected chi connectivity index (χ3v) is 2.79. The normalized spacial score (nSPS) is 11.8. The van der Waals surface area contributed by atoms with E-state index in [-0.39, 0.29) is 12.5 Å². The first kappa shape index (κ1) is 13.0. The monoisotopic (exact) mass is 284 g/mol. The van der Waals surface area contributed by atoms with E-state index in [2.05, 4.69) is 15.3 Å². The van der Waals surface area contributed by atoms with Gasteiger partial charge in [-0.2, -0.15) is 5.26 Å². The second-order valence-electron chi connectivity index (χ2n) is 4.19. The van der Waals surface area contributed by atoms with Crippen LogP contribution in [0.15, 0.2) is 30.6 Å². The first-order valence-corrected chi connectivity index (χ1v) is 6.33. The molecule has 1 aliphatic rings. The molecular formula is C14H12N4O3. The summed E-state index contributed by atoms with van der Waals surface area (Å²) < 4.78 is 16.1. The zero-order valence-corrected chi connectivity index (χ0v) is 11.1. The number of rotatable bonds is 5. The van der Waals surface area contributed by atoms with Crippen LogP contribution in [-0.2, 0) is 0 Å². The van der Waals surface area contributed by atoms with Gasteiger partial charge in [-0.15, -0.1) is 0 Å². The molecular weight excluding hydrogens is 272 g/mol. The van der Waals surface area contributed by atoms with E-state index in [1.54, 1.807) is 6.07 Å². The second kappa shape index (κ2) is 5.96. The van der Waals surface area contributed by atoms with Gasteiger partial charge in [0.05, 0.1) is 18.9 Å². The largest absolute Gasteiger partial charge is 0.492 e. The van der Waals surface area contributed by atoms with E-state index < -0.39 is 0 Å². The molecule has 0 amide bonds. The summed E-state index contributed by atoms with van der Waals surface area (Å²) in [7, 11) is 0. The van der Waals surface area contributed by atoms with E-state index in [4.69, 9.17) is 19.5 Å². The summed E-state index contributed by atoms with van der Waals surface area (Å²) in [4.78, 5) is 7.97. The standard InChI is InChI=1S/C14H12N4O3/c15-6-10-7-18-14(8-17-10)16-3-4-19-11-1-2-12-13(5-11)21-9-20-12/h1-2,5,7-8H,3-4,9H2,(H,16,18). The highest BCUT2D eigenvalue weighted by molar-refractivity contribution is 5.46. The Kier molecular flexibility index (Phi) is 3.69. The minimum Gasteiger partial charge on any atom is -0.492 e. The SMILES string of the molecule is N#Cc1cnc(NCCOc2ccc3c(c2)OCO3)cn1. The van der Waals surface area contributed by atoms with Gasteiger partial charge in [-0.05, 0) is 12.1 Å². The molecule has 0 aliphatic carbocycles. The van der Waals surface area contributed by atoms with Crippen LogP contribution in [0.1, 0.15) is 5.69 Å². The van der Waals surface area contributed by atoms with Crippen LogP contribution in [0.5, 0.6) is 17.2 Å². The summed E-state index contributed by atoms with van der Waals surface area (Å²) in [5.74, 6) is 2.74. The van der Waals surface area contributed by atoms with E-state index in [9.17, 15) is 0 Å². The molecule has 0 saturated carbocycles. The highest BCUT2D eigenvalue weighted by atomic mass is 16.7. The second-order valence-corrected chi connectivity index (χ2v) is 4.19. The molecule has 0 spiro atoms. The van der Waals surface area contributed by atoms with Crippen LogP contribution < -0.4 is 19.5 Å². The molecule has 0 radical (unpaired) electrons. The molecule has 1 N–H and O–H groups in total. The Morgan fingerprint density at radius 2 is 2.14 bits per heavy atom. The molecule has 2 aromatic rings. The minimum atomic E-state index is 0.248. The van der Waals surface area contributed by atoms with E-state index in [0.717, 1.165) is 5.75 Å². The van der Waals surface area contributed by atoms with Gasteiger partial charge in [0.25, 0.3) is 0 Å². The Labute approximate surface area is 121 Å². The fourth-order valence-electron chi connectivity index (χ4n) is 1.79. The third kappa shape index (κ3) is 3.12. The molecule has 0 fully saturated rings. The Bertz CT molecular complexity index is 667. The van der Waals surface area contributed by atoms with Crippen molar-refractivity contribution >= 4 is 5.82 Å². The summed E-state index contributed by atoms with van der Waals surface area (Å²) in [6.45, 7) is 1.27. The minimum absolute atomic E-state index is 0.248. The van der Waals surface area contributed by atoms with Gasteiger partial charge < -0.3 is 19.5 Å². The van der Waals surface area contributed by atoms with Gasteiger partial charge in [0.1, 0.15) is 24.2 Å². The zero-order valence-electron chi connectivity index (χ0n) is 11.1. The van der Waals surface area contributed by atoms with Crippen LogP contribution in [0, 0.1) is 11.3 Å². The molecule has 0 atom stereocenters. The summed E-state index contributed by atoms with van der Waals surface area (Å²) >= 11 is 0. The lowest BCUT2D eigenvalue weighted by atomic mass is 10.3. The molecule has 7 heteroatoms. The zero-order chi connectivity index (χ0) is 14.5. The van der Waals surface area contributed by atoms with Crippen molar-refractivity contribution in [3.63, 3.8) is 0 Å². The summed E-state index contributed by atoms with van der Waals surface area (Å²) in [5, 5.41) is 11.7. The van der Waals surface area contributed by atoms with Gasteiger partial charge in [0.2, 0.25) is 6.79 Å². The number of ether oxygens (including phenoxy) is 3. The van der Waals surface area contributed by atoms with Crippen molar-refractivity contribution in [2.75, 3.05) is 25.3 Å². The molecule has 21 heavy (non-hydrogen) atoms. The van der Waals surface area contributed by atoms with Crippen LogP contribution in [0.2, 0.25) is 0 Å². The van der Waals surface area contributed by atoms with Gasteiger partial charge in [-0.3, -0.25) is 0 Å². The summed E-state index contributed by atoms with van der Waals surface area (Å²) in [6.07, 6.45) is 2.93. The smallest absolute Gasteiger partial charge is 0.231 e. The van der Waals surface area contributed by atoms with Crippen LogP contribution in [0.25, 0.3) is 0 Å². The lowest BCUT2D eigenvalue weighted by Crippen LogP contribution is -2.12. The maximum atomic E-state index is 8.62. The fourth-order valence-corrected chi connectivity index (χ4v) is 1.79. The van der Waals surface area contributed by atoms with Crippen molar-refractivity contribution in [2.45, 2.75) is 0 Å². The van der Waals surface area contributed by atoms with Crippen LogP contribution in [0.4, 0.5) is 5.82 Å². The van der Waals surface area contributed by atoms with Gasteiger partial charge >= 0.3 is 0 Å². The number of nitriles is 1. The maximum Gasteiger partial charge on any atom is 0.231 e. The molecule has 0 bridgehead atoms. The maximum absolute atomic E-state index is 8.62. The fraction of sp³-hybridized carbons (Fsp3) is 0.214. The molecule has 0 unspecified atom stereocenters. The average molecular weight is 284 g/mol. The Morgan fingerprint density at radius 3 is 2.95 bits per heavy atom. The van der Waals surface area contributed by atoms with Gasteiger partial charge in [0, 0.05) is 6.07 Å². The molecule has 1 aromatic carbocycles. The van der Waals surface area contributed by atoms with E-state index in [1.165, 1.54) is 12.4 Å². The van der Waals surface area contributed by atoms with Crippen molar-refractivity contribution in [1.82, 2.24) is 9.97 Å². The molecule has 3 rings (SSSR count). The Hall–Kier alpha value is -3.01. The molecule has 0 saturated heterocycles. The predicted octanol–water partition coefficient (Wildman–Crippen LogP) is 1.57. The average Bonchev–Trinajstić information content (AvgIpc) is 3.00. The van der Waals surface area contributed by atoms with Crippen LogP contribution in [0.3, 0.4) is 0 Å². The van der Waals surface area contributed by atoms with E-state index in [0.29, 0.717) is 30.5 Å². The first-order valence-electron chi connectivity index (χ1n) is 6.33. The van der Waals surface area contributed by atoms with Crippen molar-refractivity contribution < 1.29 is 14.2 Å². The number of benzene rings is 1. The number of fused-ring (bicyclic) bond motifs is 1. The van der Waals surface area contributed by atoms with Crippen molar-refractivity contribution in [3.8, 4) is 23.3 Å². The number of hydrogen-bond acceptors (Lipinski definition) is 7. The predicted molar refractivity (Wildman–Crippen MR) is 73.3 cm³/mol. The number of hydrogen-bond donors (Lipinski definition) is 1. The number of nitrogens with zero attached hydrogens (tertiary/aromatic N) is 3. The highest BCUT2D eigenvalue weighted by Crippen LogP contribution is 2.34. The molecule has 2 heterocycles. The Morgan fingerprint density at radius 1 is 1.24 bits per heavy atom. The Balaban J connectivity index is 1.46. The van der Waals surface area contributed by atoms with Crippen LogP contribution in [-0.4, -0.2) is 29.9 Å². The van der Waals surface area contributed by atoms with Crippen molar-refractivity contribution in [1.29, 1.82) is 5.26 Å². The first-order chi connectivity index (χ1) is 10.3. The van der Waals surface area contributed by atoms with Gasteiger partial charge in [0.15, 0.2) is 17.2 Å². The number of aromatic nitrogens is 2. The lowest BCUT2D eigenvalue weighted by molar-refractivity contribution is 0.174. The van der Waals surface area contributed by atoms with Crippen molar-refractivity contribution in [3.05, 3.63) is 36.3 Å². The molecule has 106 valence electrons. The molecule has 1 aliphatic heterocycles. The highest BCUT2D eigenvalue weighted by Gasteiger charge is 2.13. The van der Waals surface area contributed by atoms with Crippen molar-refractivity contribution in [2.24, 2.45) is 0 Å². The van der Waals surface area contributed by atoms with Gasteiger partial charge in [-0.25, -0.2) is 9.97 Å². The van der Waals surface area contributed by atoms with E-state index >= 15 is 0 Å². The molecule has 1 aromatic heterocycles. The van der Waals surface area contributed by atoms with Crippen LogP contribution >= 0.6 is 0 Å². The summed E-state index contributed by atoms with van der Waals surface area (Å²) in [6, 6.07) is 7.36. The lowest BCUT2D eigenvalue weighted by Gasteiger charge is -2.08. The van der Waals surface area contributed by atoms with Gasteiger partial charge in [-0.1, -0.05) is 0 Å². The van der Waals surface area contributed by atoms with E-state index in [1.807, 2.05) is 18.2 Å². The molecule has 7 nitrogen and oxygen atoms in total. The third-order valence-electron chi connectivity index (χ3n) is 2.79. The summed E-state index contributed by atoms with van der Waals surface area (Å²) in [5.41, 5.74) is 0.289. The number of anilines is 1. The quantitative estimate of drug-likeness (QED) is 0.833. The topological polar surface area (TPSA) is 89.3 Å².